The van der Waals surface area contributed by atoms with Gasteiger partial charge < -0.3 is 0 Å². The Bertz CT molecular complexity index is 367. The molecular formula is C11H10S. The Morgan fingerprint density at radius 1 is 1.33 bits per heavy atom. The van der Waals surface area contributed by atoms with Gasteiger partial charge in [-0.15, -0.1) is 11.8 Å². The second kappa shape index (κ2) is 1.97. The van der Waals surface area contributed by atoms with Gasteiger partial charge >= 0.3 is 0 Å². The van der Waals surface area contributed by atoms with Gasteiger partial charge in [-0.3, -0.25) is 0 Å². The lowest BCUT2D eigenvalue weighted by Gasteiger charge is -2.15. The van der Waals surface area contributed by atoms with Crippen LogP contribution < -0.4 is 0 Å². The van der Waals surface area contributed by atoms with E-state index in [0.29, 0.717) is 4.75 Å². The number of hydrogen-bond acceptors (Lipinski definition) is 1. The Morgan fingerprint density at radius 3 is 3.08 bits per heavy atom. The summed E-state index contributed by atoms with van der Waals surface area (Å²) in [5, 5.41) is 0.743. The summed E-state index contributed by atoms with van der Waals surface area (Å²) in [4.78, 5) is 0. The lowest BCUT2D eigenvalue weighted by molar-refractivity contribution is 0.811. The second-order valence-corrected chi connectivity index (χ2v) is 5.18. The Morgan fingerprint density at radius 2 is 2.17 bits per heavy atom. The third-order valence-electron chi connectivity index (χ3n) is 2.80. The highest BCUT2D eigenvalue weighted by Crippen LogP contribution is 2.64. The lowest BCUT2D eigenvalue weighted by Crippen LogP contribution is -2.10. The number of hydrogen-bond donors (Lipinski definition) is 0. The molecule has 2 aliphatic rings. The highest BCUT2D eigenvalue weighted by atomic mass is 32.2. The maximum atomic E-state index is 2.34. The fourth-order valence-corrected chi connectivity index (χ4v) is 3.09. The summed E-state index contributed by atoms with van der Waals surface area (Å²) in [7, 11) is 0. The normalized spacial score (nSPS) is 35.6. The van der Waals surface area contributed by atoms with Crippen LogP contribution in [0.5, 0.6) is 0 Å². The van der Waals surface area contributed by atoms with Crippen LogP contribution in [0.2, 0.25) is 0 Å². The number of rotatable bonds is 0. The summed E-state index contributed by atoms with van der Waals surface area (Å²) in [5.41, 5.74) is 2.92. The number of thioether (sulfide) groups is 1. The SMILES string of the molecule is CC12SC1C=Cc1ccccc12. The fourth-order valence-electron chi connectivity index (χ4n) is 1.95. The molecule has 0 aromatic heterocycles. The first-order valence-electron chi connectivity index (χ1n) is 4.26. The molecule has 60 valence electrons. The van der Waals surface area contributed by atoms with Gasteiger partial charge in [-0.25, -0.2) is 0 Å². The molecule has 1 aliphatic carbocycles. The summed E-state index contributed by atoms with van der Waals surface area (Å²) in [6, 6.07) is 8.71. The third kappa shape index (κ3) is 0.700. The summed E-state index contributed by atoms with van der Waals surface area (Å²) < 4.78 is 0.408. The number of benzene rings is 1. The van der Waals surface area contributed by atoms with Gasteiger partial charge in [0.2, 0.25) is 0 Å². The van der Waals surface area contributed by atoms with Crippen LogP contribution in [0.1, 0.15) is 18.1 Å². The van der Waals surface area contributed by atoms with Crippen molar-refractivity contribution in [3.63, 3.8) is 0 Å². The van der Waals surface area contributed by atoms with Crippen LogP contribution in [-0.4, -0.2) is 5.25 Å². The quantitative estimate of drug-likeness (QED) is 0.545. The monoisotopic (exact) mass is 174 g/mol. The van der Waals surface area contributed by atoms with Crippen molar-refractivity contribution in [2.75, 3.05) is 0 Å². The van der Waals surface area contributed by atoms with Crippen LogP contribution in [-0.2, 0) is 4.75 Å². The topological polar surface area (TPSA) is 0 Å². The first kappa shape index (κ1) is 6.79. The molecule has 12 heavy (non-hydrogen) atoms. The van der Waals surface area contributed by atoms with Crippen molar-refractivity contribution < 1.29 is 0 Å². The van der Waals surface area contributed by atoms with Crippen molar-refractivity contribution in [2.45, 2.75) is 16.9 Å². The minimum atomic E-state index is 0.408. The lowest BCUT2D eigenvalue weighted by atomic mass is 9.89. The van der Waals surface area contributed by atoms with Gasteiger partial charge in [0.25, 0.3) is 0 Å². The first-order valence-corrected chi connectivity index (χ1v) is 5.14. The van der Waals surface area contributed by atoms with E-state index < -0.39 is 0 Å². The maximum absolute atomic E-state index is 2.34. The molecule has 0 saturated carbocycles. The van der Waals surface area contributed by atoms with Crippen LogP contribution in [0.15, 0.2) is 30.3 Å². The Balaban J connectivity index is 2.27. The average Bonchev–Trinajstić information content (AvgIpc) is 2.78. The maximum Gasteiger partial charge on any atom is 0.0546 e. The summed E-state index contributed by atoms with van der Waals surface area (Å²) in [5.74, 6) is 0. The van der Waals surface area contributed by atoms with Crippen molar-refractivity contribution in [3.8, 4) is 0 Å². The smallest absolute Gasteiger partial charge is 0.0546 e. The predicted molar refractivity (Wildman–Crippen MR) is 54.2 cm³/mol. The van der Waals surface area contributed by atoms with Crippen molar-refractivity contribution >= 4 is 17.8 Å². The molecule has 0 bridgehead atoms. The summed E-state index contributed by atoms with van der Waals surface area (Å²) in [6.45, 7) is 2.34. The van der Waals surface area contributed by atoms with E-state index in [1.54, 1.807) is 0 Å². The Labute approximate surface area is 76.7 Å². The second-order valence-electron chi connectivity index (χ2n) is 3.59. The molecule has 0 nitrogen and oxygen atoms in total. The molecule has 1 aliphatic heterocycles. The minimum Gasteiger partial charge on any atom is -0.140 e. The standard InChI is InChI=1S/C11H10S/c1-11-9-5-3-2-4-8(9)6-7-10(11)12-11/h2-7,10H,1H3. The van der Waals surface area contributed by atoms with Crippen molar-refractivity contribution in [1.29, 1.82) is 0 Å². The predicted octanol–water partition coefficient (Wildman–Crippen LogP) is 3.04. The summed E-state index contributed by atoms with van der Waals surface area (Å²) >= 11 is 2.06. The van der Waals surface area contributed by atoms with E-state index in [-0.39, 0.29) is 0 Å². The zero-order chi connectivity index (χ0) is 8.18. The zero-order valence-corrected chi connectivity index (χ0v) is 7.77. The van der Waals surface area contributed by atoms with Crippen LogP contribution in [0, 0.1) is 0 Å². The zero-order valence-electron chi connectivity index (χ0n) is 6.95. The van der Waals surface area contributed by atoms with Crippen LogP contribution >= 0.6 is 11.8 Å². The molecule has 2 atom stereocenters. The molecule has 1 aromatic rings. The summed E-state index contributed by atoms with van der Waals surface area (Å²) in [6.07, 6.45) is 4.58. The molecule has 0 amide bonds. The highest BCUT2D eigenvalue weighted by molar-refractivity contribution is 8.08. The Hall–Kier alpha value is -0.690. The van der Waals surface area contributed by atoms with Crippen LogP contribution in [0.4, 0.5) is 0 Å². The van der Waals surface area contributed by atoms with Gasteiger partial charge in [-0.1, -0.05) is 36.4 Å². The van der Waals surface area contributed by atoms with E-state index in [4.69, 9.17) is 0 Å². The molecular weight excluding hydrogens is 164 g/mol. The molecule has 1 saturated heterocycles. The highest BCUT2D eigenvalue weighted by Gasteiger charge is 2.53. The molecule has 0 spiro atoms. The van der Waals surface area contributed by atoms with E-state index in [1.165, 1.54) is 11.1 Å². The van der Waals surface area contributed by atoms with Crippen LogP contribution in [0.3, 0.4) is 0 Å². The van der Waals surface area contributed by atoms with Gasteiger partial charge in [0.05, 0.1) is 4.75 Å². The Kier molecular flexibility index (Phi) is 1.11. The van der Waals surface area contributed by atoms with E-state index in [2.05, 4.69) is 55.1 Å². The van der Waals surface area contributed by atoms with Gasteiger partial charge in [-0.05, 0) is 18.1 Å². The molecule has 1 heterocycles. The van der Waals surface area contributed by atoms with E-state index in [0.717, 1.165) is 5.25 Å². The van der Waals surface area contributed by atoms with Gasteiger partial charge in [0.1, 0.15) is 0 Å². The average molecular weight is 174 g/mol. The molecule has 0 radical (unpaired) electrons. The third-order valence-corrected chi connectivity index (χ3v) is 4.40. The van der Waals surface area contributed by atoms with Gasteiger partial charge in [0, 0.05) is 5.25 Å². The van der Waals surface area contributed by atoms with Crippen molar-refractivity contribution in [2.24, 2.45) is 0 Å². The largest absolute Gasteiger partial charge is 0.140 e. The van der Waals surface area contributed by atoms with E-state index in [9.17, 15) is 0 Å². The molecule has 2 unspecified atom stereocenters. The van der Waals surface area contributed by atoms with Crippen molar-refractivity contribution in [3.05, 3.63) is 41.5 Å². The van der Waals surface area contributed by atoms with Gasteiger partial charge in [0.15, 0.2) is 0 Å². The molecule has 1 aromatic carbocycles. The van der Waals surface area contributed by atoms with Crippen LogP contribution in [0.25, 0.3) is 6.08 Å². The fraction of sp³-hybridized carbons (Fsp3) is 0.273. The van der Waals surface area contributed by atoms with E-state index in [1.807, 2.05) is 0 Å². The van der Waals surface area contributed by atoms with E-state index >= 15 is 0 Å². The molecule has 0 N–H and O–H groups in total. The van der Waals surface area contributed by atoms with Crippen molar-refractivity contribution in [1.82, 2.24) is 0 Å². The molecule has 1 heteroatoms. The first-order chi connectivity index (χ1) is 5.81. The number of fused-ring (bicyclic) bond motifs is 3. The molecule has 3 rings (SSSR count). The molecule has 1 fully saturated rings. The minimum absolute atomic E-state index is 0.408. The van der Waals surface area contributed by atoms with Gasteiger partial charge in [-0.2, -0.15) is 0 Å².